The number of hydrogen-bond donors (Lipinski definition) is 1. The van der Waals surface area contributed by atoms with Crippen LogP contribution in [0.4, 0.5) is 8.78 Å². The van der Waals surface area contributed by atoms with Gasteiger partial charge in [-0.25, -0.2) is 22.2 Å². The second kappa shape index (κ2) is 10.1. The minimum absolute atomic E-state index is 0.0311. The summed E-state index contributed by atoms with van der Waals surface area (Å²) in [5.41, 5.74) is 1.35. The maximum atomic E-state index is 13.2. The number of ether oxygens (including phenoxy) is 1. The molecule has 2 saturated heterocycles. The molecule has 1 amide bonds. The number of carbonyl (C=O) groups excluding carboxylic acids is 1. The molecule has 2 aliphatic heterocycles. The average Bonchev–Trinajstić information content (AvgIpc) is 3.13. The largest absolute Gasteiger partial charge is 0.381 e. The van der Waals surface area contributed by atoms with E-state index in [0.717, 1.165) is 43.9 Å². The van der Waals surface area contributed by atoms with Crippen LogP contribution in [0.25, 0.3) is 11.0 Å². The number of carbonyl (C=O) groups is 1. The van der Waals surface area contributed by atoms with Crippen LogP contribution in [0.1, 0.15) is 45.9 Å². The fourth-order valence-electron chi connectivity index (χ4n) is 4.74. The zero-order valence-electron chi connectivity index (χ0n) is 20.5. The number of fused-ring (bicyclic) bond motifs is 1. The van der Waals surface area contributed by atoms with Crippen LogP contribution in [0.3, 0.4) is 0 Å². The van der Waals surface area contributed by atoms with Gasteiger partial charge in [0.2, 0.25) is 15.9 Å². The Kier molecular flexibility index (Phi) is 7.49. The number of benzene rings is 1. The summed E-state index contributed by atoms with van der Waals surface area (Å²) in [6.45, 7) is 8.33. The van der Waals surface area contributed by atoms with Crippen molar-refractivity contribution in [2.24, 2.45) is 11.8 Å². The summed E-state index contributed by atoms with van der Waals surface area (Å²) in [6, 6.07) is 5.08. The third-order valence-corrected chi connectivity index (χ3v) is 8.49. The van der Waals surface area contributed by atoms with Crippen LogP contribution in [0.15, 0.2) is 23.1 Å². The van der Waals surface area contributed by atoms with Crippen LogP contribution in [-0.2, 0) is 31.5 Å². The summed E-state index contributed by atoms with van der Waals surface area (Å²) >= 11 is 0. The normalized spacial score (nSPS) is 18.8. The Bertz CT molecular complexity index is 1160. The topological polar surface area (TPSA) is 93.5 Å². The summed E-state index contributed by atoms with van der Waals surface area (Å²) in [4.78, 5) is 16.8. The fourth-order valence-corrected chi connectivity index (χ4v) is 6.35. The maximum Gasteiger partial charge on any atom is 0.255 e. The minimum Gasteiger partial charge on any atom is -0.381 e. The number of rotatable bonds is 8. The zero-order valence-corrected chi connectivity index (χ0v) is 21.3. The van der Waals surface area contributed by atoms with Gasteiger partial charge in [0.15, 0.2) is 0 Å². The van der Waals surface area contributed by atoms with Crippen molar-refractivity contribution in [3.63, 3.8) is 0 Å². The van der Waals surface area contributed by atoms with E-state index in [9.17, 15) is 22.0 Å². The first-order valence-corrected chi connectivity index (χ1v) is 13.5. The van der Waals surface area contributed by atoms with Gasteiger partial charge in [0.25, 0.3) is 6.43 Å². The lowest BCUT2D eigenvalue weighted by atomic mass is 9.94. The van der Waals surface area contributed by atoms with Crippen LogP contribution in [-0.4, -0.2) is 67.5 Å². The van der Waals surface area contributed by atoms with Crippen molar-refractivity contribution in [2.75, 3.05) is 32.8 Å². The van der Waals surface area contributed by atoms with Gasteiger partial charge in [-0.05, 0) is 42.9 Å². The third-order valence-electron chi connectivity index (χ3n) is 6.66. The molecule has 194 valence electrons. The Morgan fingerprint density at radius 1 is 1.20 bits per heavy atom. The molecule has 0 aliphatic carbocycles. The first kappa shape index (κ1) is 26.0. The van der Waals surface area contributed by atoms with Gasteiger partial charge in [-0.1, -0.05) is 20.8 Å². The number of aromatic nitrogens is 2. The van der Waals surface area contributed by atoms with E-state index in [1.807, 2.05) is 6.07 Å². The van der Waals surface area contributed by atoms with Crippen molar-refractivity contribution in [1.82, 2.24) is 19.2 Å². The van der Waals surface area contributed by atoms with Gasteiger partial charge in [-0.3, -0.25) is 4.79 Å². The van der Waals surface area contributed by atoms with E-state index in [1.165, 1.54) is 4.31 Å². The molecule has 11 heteroatoms. The number of amides is 1. The van der Waals surface area contributed by atoms with Gasteiger partial charge < -0.3 is 14.6 Å². The number of imidazole rings is 1. The van der Waals surface area contributed by atoms with Gasteiger partial charge in [0.05, 0.1) is 22.5 Å². The van der Waals surface area contributed by atoms with Crippen LogP contribution < -0.4 is 5.32 Å². The van der Waals surface area contributed by atoms with Crippen LogP contribution >= 0.6 is 0 Å². The Morgan fingerprint density at radius 3 is 2.51 bits per heavy atom. The number of nitrogens with one attached hydrogen (secondary N) is 1. The van der Waals surface area contributed by atoms with E-state index in [2.05, 4.69) is 30.7 Å². The second-order valence-electron chi connectivity index (χ2n) is 10.6. The standard InChI is InChI=1S/C24H34F2N4O4S/c1-24(2,3)23-28-19-11-18(4-5-20(19)30(23)15-16-6-8-34-9-7-16)35(32,33)29-13-17(14-29)10-22(31)27-12-21(25)26/h4-5,11,16-17,21H,6-10,12-15H2,1-3H3,(H,27,31). The summed E-state index contributed by atoms with van der Waals surface area (Å²) in [5, 5.41) is 2.16. The lowest BCUT2D eigenvalue weighted by Gasteiger charge is -2.37. The molecule has 35 heavy (non-hydrogen) atoms. The molecule has 0 unspecified atom stereocenters. The van der Waals surface area contributed by atoms with E-state index in [1.54, 1.807) is 12.1 Å². The van der Waals surface area contributed by atoms with Gasteiger partial charge in [-0.15, -0.1) is 0 Å². The van der Waals surface area contributed by atoms with Crippen molar-refractivity contribution in [3.8, 4) is 0 Å². The molecule has 0 radical (unpaired) electrons. The molecule has 1 N–H and O–H groups in total. The molecule has 0 atom stereocenters. The molecule has 8 nitrogen and oxygen atoms in total. The highest BCUT2D eigenvalue weighted by atomic mass is 32.2. The maximum absolute atomic E-state index is 13.2. The van der Waals surface area contributed by atoms with Gasteiger partial charge in [0, 0.05) is 44.7 Å². The molecule has 4 rings (SSSR count). The molecule has 0 bridgehead atoms. The second-order valence-corrected chi connectivity index (χ2v) is 12.5. The van der Waals surface area contributed by atoms with Crippen molar-refractivity contribution >= 4 is 27.0 Å². The Hall–Kier alpha value is -2.11. The van der Waals surface area contributed by atoms with Gasteiger partial charge in [-0.2, -0.15) is 4.31 Å². The van der Waals surface area contributed by atoms with Crippen molar-refractivity contribution in [3.05, 3.63) is 24.0 Å². The summed E-state index contributed by atoms with van der Waals surface area (Å²) < 4.78 is 59.9. The fraction of sp³-hybridized carbons (Fsp3) is 0.667. The number of halogens is 2. The van der Waals surface area contributed by atoms with E-state index >= 15 is 0 Å². The Labute approximate surface area is 205 Å². The Balaban J connectivity index is 1.50. The summed E-state index contributed by atoms with van der Waals surface area (Å²) in [7, 11) is -3.74. The monoisotopic (exact) mass is 512 g/mol. The van der Waals surface area contributed by atoms with E-state index in [0.29, 0.717) is 11.4 Å². The lowest BCUT2D eigenvalue weighted by molar-refractivity contribution is -0.123. The summed E-state index contributed by atoms with van der Waals surface area (Å²) in [5.74, 6) is 0.741. The summed E-state index contributed by atoms with van der Waals surface area (Å²) in [6.07, 6.45) is -0.590. The van der Waals surface area contributed by atoms with Crippen LogP contribution in [0.5, 0.6) is 0 Å². The minimum atomic E-state index is -3.74. The Morgan fingerprint density at radius 2 is 1.89 bits per heavy atom. The highest BCUT2D eigenvalue weighted by Crippen LogP contribution is 2.32. The number of alkyl halides is 2. The predicted octanol–water partition coefficient (Wildman–Crippen LogP) is 3.15. The smallest absolute Gasteiger partial charge is 0.255 e. The molecule has 2 fully saturated rings. The molecule has 1 aromatic carbocycles. The van der Waals surface area contributed by atoms with E-state index in [4.69, 9.17) is 9.72 Å². The molecule has 2 aliphatic rings. The third kappa shape index (κ3) is 5.83. The molecule has 0 saturated carbocycles. The first-order chi connectivity index (χ1) is 16.4. The van der Waals surface area contributed by atoms with E-state index in [-0.39, 0.29) is 35.7 Å². The predicted molar refractivity (Wildman–Crippen MR) is 128 cm³/mol. The molecule has 1 aromatic heterocycles. The highest BCUT2D eigenvalue weighted by molar-refractivity contribution is 7.89. The SMILES string of the molecule is CC(C)(C)c1nc2cc(S(=O)(=O)N3CC(CC(=O)NCC(F)F)C3)ccc2n1CC1CCOCC1. The van der Waals surface area contributed by atoms with Crippen molar-refractivity contribution < 1.29 is 26.7 Å². The molecule has 3 heterocycles. The van der Waals surface area contributed by atoms with E-state index < -0.39 is 28.9 Å². The quantitative estimate of drug-likeness (QED) is 0.587. The highest BCUT2D eigenvalue weighted by Gasteiger charge is 2.38. The first-order valence-electron chi connectivity index (χ1n) is 12.1. The molecular formula is C24H34F2N4O4S. The molecule has 0 spiro atoms. The van der Waals surface area contributed by atoms with Gasteiger partial charge in [0.1, 0.15) is 5.82 Å². The zero-order chi connectivity index (χ0) is 25.4. The number of hydrogen-bond acceptors (Lipinski definition) is 5. The number of nitrogens with zero attached hydrogens (tertiary/aromatic N) is 3. The average molecular weight is 513 g/mol. The van der Waals surface area contributed by atoms with Crippen LogP contribution in [0, 0.1) is 11.8 Å². The number of sulfonamides is 1. The van der Waals surface area contributed by atoms with Crippen molar-refractivity contribution in [1.29, 1.82) is 0 Å². The van der Waals surface area contributed by atoms with Gasteiger partial charge >= 0.3 is 0 Å². The van der Waals surface area contributed by atoms with Crippen molar-refractivity contribution in [2.45, 2.75) is 63.3 Å². The lowest BCUT2D eigenvalue weighted by Crippen LogP contribution is -2.51. The van der Waals surface area contributed by atoms with Crippen LogP contribution in [0.2, 0.25) is 0 Å². The molecular weight excluding hydrogens is 478 g/mol. The molecule has 2 aromatic rings.